The van der Waals surface area contributed by atoms with E-state index in [0.29, 0.717) is 5.56 Å². The van der Waals surface area contributed by atoms with Gasteiger partial charge in [0.1, 0.15) is 11.5 Å². The number of benzene rings is 2. The van der Waals surface area contributed by atoms with E-state index in [-0.39, 0.29) is 22.6 Å². The molecule has 2 N–H and O–H groups in total. The van der Waals surface area contributed by atoms with Crippen LogP contribution in [0.1, 0.15) is 27.0 Å². The average Bonchev–Trinajstić information content (AvgIpc) is 2.50. The van der Waals surface area contributed by atoms with E-state index in [1.54, 1.807) is 0 Å². The molecule has 2 rings (SSSR count). The van der Waals surface area contributed by atoms with Crippen LogP contribution < -0.4 is 0 Å². The lowest BCUT2D eigenvalue weighted by Gasteiger charge is -2.06. The molecule has 0 amide bonds. The number of alkyl halides is 3. The molecule has 0 fully saturated rings. The van der Waals surface area contributed by atoms with Gasteiger partial charge in [0.05, 0.1) is 11.1 Å². The lowest BCUT2D eigenvalue weighted by molar-refractivity contribution is -0.137. The van der Waals surface area contributed by atoms with Crippen molar-refractivity contribution < 1.29 is 28.2 Å². The van der Waals surface area contributed by atoms with Crippen molar-refractivity contribution in [2.24, 2.45) is 0 Å². The van der Waals surface area contributed by atoms with Gasteiger partial charge in [-0.05, 0) is 42.8 Å². The first kappa shape index (κ1) is 16.6. The number of phenolic OH excluding ortho intramolecular Hbond substituents is 2. The third-order valence-corrected chi connectivity index (χ3v) is 3.33. The molecular formula is C17H13F3O3. The summed E-state index contributed by atoms with van der Waals surface area (Å²) in [7, 11) is 0. The SMILES string of the molecule is Cc1c(O)ccc(C(=O)/C=C/c2ccc(C(F)(F)F)cc2)c1O. The van der Waals surface area contributed by atoms with Gasteiger partial charge in [0.15, 0.2) is 5.78 Å². The standard InChI is InChI=1S/C17H13F3O3/c1-10-14(21)9-7-13(16(10)23)15(22)8-4-11-2-5-12(6-3-11)17(18,19)20/h2-9,21,23H,1H3/b8-4+. The smallest absolute Gasteiger partial charge is 0.416 e. The third kappa shape index (κ3) is 3.71. The van der Waals surface area contributed by atoms with Crippen molar-refractivity contribution in [3.63, 3.8) is 0 Å². The zero-order valence-electron chi connectivity index (χ0n) is 12.1. The average molecular weight is 322 g/mol. The number of halogens is 3. The van der Waals surface area contributed by atoms with Crippen molar-refractivity contribution >= 4 is 11.9 Å². The van der Waals surface area contributed by atoms with E-state index in [4.69, 9.17) is 0 Å². The van der Waals surface area contributed by atoms with Crippen LogP contribution in [0.15, 0.2) is 42.5 Å². The zero-order valence-corrected chi connectivity index (χ0v) is 12.1. The van der Waals surface area contributed by atoms with Gasteiger partial charge in [-0.3, -0.25) is 4.79 Å². The largest absolute Gasteiger partial charge is 0.508 e. The maximum Gasteiger partial charge on any atom is 0.416 e. The summed E-state index contributed by atoms with van der Waals surface area (Å²) in [6.45, 7) is 1.46. The second-order valence-corrected chi connectivity index (χ2v) is 4.92. The van der Waals surface area contributed by atoms with Crippen molar-refractivity contribution in [1.82, 2.24) is 0 Å². The lowest BCUT2D eigenvalue weighted by atomic mass is 10.0. The first-order chi connectivity index (χ1) is 10.7. The maximum atomic E-state index is 12.4. The number of ketones is 1. The van der Waals surface area contributed by atoms with Gasteiger partial charge in [0, 0.05) is 5.56 Å². The Hall–Kier alpha value is -2.76. The predicted molar refractivity (Wildman–Crippen MR) is 79.3 cm³/mol. The Morgan fingerprint density at radius 3 is 2.22 bits per heavy atom. The molecule has 0 radical (unpaired) electrons. The fourth-order valence-electron chi connectivity index (χ4n) is 1.93. The third-order valence-electron chi connectivity index (χ3n) is 3.33. The molecule has 0 saturated carbocycles. The van der Waals surface area contributed by atoms with Gasteiger partial charge in [0.2, 0.25) is 0 Å². The molecule has 0 aromatic heterocycles. The van der Waals surface area contributed by atoms with E-state index in [1.165, 1.54) is 37.3 Å². The van der Waals surface area contributed by atoms with Crippen LogP contribution in [-0.2, 0) is 6.18 Å². The molecule has 0 bridgehead atoms. The highest BCUT2D eigenvalue weighted by Gasteiger charge is 2.29. The Labute approximate surface area is 130 Å². The van der Waals surface area contributed by atoms with E-state index in [1.807, 2.05) is 0 Å². The summed E-state index contributed by atoms with van der Waals surface area (Å²) in [6, 6.07) is 6.90. The normalized spacial score (nSPS) is 11.8. The fourth-order valence-corrected chi connectivity index (χ4v) is 1.93. The second kappa shape index (κ2) is 6.16. The Bertz CT molecular complexity index is 760. The summed E-state index contributed by atoms with van der Waals surface area (Å²) in [4.78, 5) is 12.0. The van der Waals surface area contributed by atoms with Gasteiger partial charge in [-0.15, -0.1) is 0 Å². The first-order valence-corrected chi connectivity index (χ1v) is 6.61. The topological polar surface area (TPSA) is 57.5 Å². The van der Waals surface area contributed by atoms with E-state index < -0.39 is 17.5 Å². The van der Waals surface area contributed by atoms with Crippen LogP contribution in [0, 0.1) is 6.92 Å². The van der Waals surface area contributed by atoms with E-state index in [2.05, 4.69) is 0 Å². The second-order valence-electron chi connectivity index (χ2n) is 4.92. The van der Waals surface area contributed by atoms with Gasteiger partial charge < -0.3 is 10.2 Å². The molecule has 2 aromatic carbocycles. The minimum Gasteiger partial charge on any atom is -0.508 e. The Kier molecular flexibility index (Phi) is 4.45. The molecule has 0 heterocycles. The van der Waals surface area contributed by atoms with Crippen LogP contribution in [0.2, 0.25) is 0 Å². The van der Waals surface area contributed by atoms with Crippen molar-refractivity contribution in [2.75, 3.05) is 0 Å². The molecule has 23 heavy (non-hydrogen) atoms. The summed E-state index contributed by atoms with van der Waals surface area (Å²) in [5, 5.41) is 19.3. The van der Waals surface area contributed by atoms with Gasteiger partial charge in [-0.1, -0.05) is 18.2 Å². The lowest BCUT2D eigenvalue weighted by Crippen LogP contribution is -2.04. The van der Waals surface area contributed by atoms with Crippen LogP contribution in [0.5, 0.6) is 11.5 Å². The highest BCUT2D eigenvalue weighted by Crippen LogP contribution is 2.31. The minimum atomic E-state index is -4.41. The number of phenols is 2. The number of hydrogen-bond acceptors (Lipinski definition) is 3. The monoisotopic (exact) mass is 322 g/mol. The van der Waals surface area contributed by atoms with Crippen molar-refractivity contribution in [2.45, 2.75) is 13.1 Å². The highest BCUT2D eigenvalue weighted by molar-refractivity contribution is 6.08. The fraction of sp³-hybridized carbons (Fsp3) is 0.118. The van der Waals surface area contributed by atoms with Crippen LogP contribution in [0.4, 0.5) is 13.2 Å². The molecular weight excluding hydrogens is 309 g/mol. The molecule has 0 aliphatic carbocycles. The molecule has 0 aliphatic rings. The minimum absolute atomic E-state index is 0.00321. The van der Waals surface area contributed by atoms with Crippen LogP contribution >= 0.6 is 0 Å². The molecule has 0 aliphatic heterocycles. The maximum absolute atomic E-state index is 12.4. The summed E-state index contributed by atoms with van der Waals surface area (Å²) >= 11 is 0. The number of carbonyl (C=O) groups excluding carboxylic acids is 1. The molecule has 0 spiro atoms. The highest BCUT2D eigenvalue weighted by atomic mass is 19.4. The van der Waals surface area contributed by atoms with Crippen molar-refractivity contribution in [3.05, 3.63) is 64.7 Å². The van der Waals surface area contributed by atoms with E-state index in [9.17, 15) is 28.2 Å². The Balaban J connectivity index is 2.20. The number of hydrogen-bond donors (Lipinski definition) is 2. The summed E-state index contributed by atoms with van der Waals surface area (Å²) in [5.41, 5.74) is -0.170. The molecule has 3 nitrogen and oxygen atoms in total. The van der Waals surface area contributed by atoms with Crippen LogP contribution in [0.3, 0.4) is 0 Å². The summed E-state index contributed by atoms with van der Waals surface area (Å²) in [5.74, 6) is -0.983. The van der Waals surface area contributed by atoms with Crippen LogP contribution in [-0.4, -0.2) is 16.0 Å². The van der Waals surface area contributed by atoms with Crippen molar-refractivity contribution in [1.29, 1.82) is 0 Å². The van der Waals surface area contributed by atoms with Gasteiger partial charge >= 0.3 is 6.18 Å². The zero-order chi connectivity index (χ0) is 17.2. The summed E-state index contributed by atoms with van der Waals surface area (Å²) in [6.07, 6.45) is -1.91. The molecule has 0 unspecified atom stereocenters. The van der Waals surface area contributed by atoms with Gasteiger partial charge in [-0.2, -0.15) is 13.2 Å². The number of aromatic hydroxyl groups is 2. The van der Waals surface area contributed by atoms with E-state index in [0.717, 1.165) is 18.2 Å². The first-order valence-electron chi connectivity index (χ1n) is 6.61. The summed E-state index contributed by atoms with van der Waals surface area (Å²) < 4.78 is 37.3. The van der Waals surface area contributed by atoms with Gasteiger partial charge in [0.25, 0.3) is 0 Å². The van der Waals surface area contributed by atoms with Crippen LogP contribution in [0.25, 0.3) is 6.08 Å². The quantitative estimate of drug-likeness (QED) is 0.653. The molecule has 120 valence electrons. The molecule has 0 saturated heterocycles. The number of carbonyl (C=O) groups is 1. The number of allylic oxidation sites excluding steroid dienone is 1. The van der Waals surface area contributed by atoms with Gasteiger partial charge in [-0.25, -0.2) is 0 Å². The van der Waals surface area contributed by atoms with E-state index >= 15 is 0 Å². The number of rotatable bonds is 3. The van der Waals surface area contributed by atoms with Crippen molar-refractivity contribution in [3.8, 4) is 11.5 Å². The predicted octanol–water partition coefficient (Wildman–Crippen LogP) is 4.32. The Morgan fingerprint density at radius 2 is 1.65 bits per heavy atom. The molecule has 6 heteroatoms. The molecule has 2 aromatic rings. The molecule has 0 atom stereocenters. The Morgan fingerprint density at radius 1 is 1.04 bits per heavy atom.